The molecular formula is C10H15FSi. The van der Waals surface area contributed by atoms with Gasteiger partial charge in [0.2, 0.25) is 8.41 Å². The highest BCUT2D eigenvalue weighted by Crippen LogP contribution is 2.14. The fourth-order valence-corrected chi connectivity index (χ4v) is 1.97. The molecule has 0 N–H and O–H groups in total. The lowest BCUT2D eigenvalue weighted by Gasteiger charge is -2.09. The molecule has 12 heavy (non-hydrogen) atoms. The molecule has 0 amide bonds. The molecule has 0 fully saturated rings. The quantitative estimate of drug-likeness (QED) is 0.496. The molecule has 0 nitrogen and oxygen atoms in total. The molecule has 1 rings (SSSR count). The Morgan fingerprint density at radius 3 is 2.25 bits per heavy atom. The number of benzene rings is 1. The van der Waals surface area contributed by atoms with Crippen molar-refractivity contribution < 1.29 is 4.11 Å². The second-order valence-electron chi connectivity index (χ2n) is 3.70. The normalized spacial score (nSPS) is 11.6. The topological polar surface area (TPSA) is 0 Å². The monoisotopic (exact) mass is 182 g/mol. The van der Waals surface area contributed by atoms with Crippen LogP contribution >= 0.6 is 0 Å². The van der Waals surface area contributed by atoms with Crippen molar-refractivity contribution >= 4 is 8.41 Å². The first kappa shape index (κ1) is 9.45. The highest BCUT2D eigenvalue weighted by Gasteiger charge is 2.19. The zero-order valence-corrected chi connectivity index (χ0v) is 8.68. The maximum absolute atomic E-state index is 13.2. The summed E-state index contributed by atoms with van der Waals surface area (Å²) < 4.78 is 13.2. The number of rotatable bonds is 3. The van der Waals surface area contributed by atoms with E-state index in [-0.39, 0.29) is 0 Å². The van der Waals surface area contributed by atoms with Crippen molar-refractivity contribution in [3.63, 3.8) is 0 Å². The molecule has 0 aliphatic heterocycles. The van der Waals surface area contributed by atoms with Crippen molar-refractivity contribution in [3.8, 4) is 0 Å². The molecule has 0 aliphatic rings. The molecule has 0 radical (unpaired) electrons. The predicted molar refractivity (Wildman–Crippen MR) is 53.5 cm³/mol. The summed E-state index contributed by atoms with van der Waals surface area (Å²) in [7, 11) is -2.34. The van der Waals surface area contributed by atoms with Gasteiger partial charge in [-0.15, -0.1) is 0 Å². The molecule has 0 unspecified atom stereocenters. The number of halogens is 1. The zero-order chi connectivity index (χ0) is 9.03. The van der Waals surface area contributed by atoms with Crippen molar-refractivity contribution in [3.05, 3.63) is 35.9 Å². The van der Waals surface area contributed by atoms with Gasteiger partial charge in [-0.2, -0.15) is 0 Å². The maximum atomic E-state index is 13.2. The highest BCUT2D eigenvalue weighted by molar-refractivity contribution is 6.70. The molecular weight excluding hydrogens is 167 g/mol. The van der Waals surface area contributed by atoms with Crippen molar-refractivity contribution in [1.29, 1.82) is 0 Å². The third-order valence-corrected chi connectivity index (χ3v) is 3.29. The number of hydrogen-bond acceptors (Lipinski definition) is 0. The first-order valence-electron chi connectivity index (χ1n) is 4.31. The van der Waals surface area contributed by atoms with Crippen LogP contribution in [0.3, 0.4) is 0 Å². The van der Waals surface area contributed by atoms with Crippen LogP contribution in [0.1, 0.15) is 5.56 Å². The van der Waals surface area contributed by atoms with E-state index in [0.29, 0.717) is 0 Å². The summed E-state index contributed by atoms with van der Waals surface area (Å²) >= 11 is 0. The average Bonchev–Trinajstić information content (AvgIpc) is 2.02. The van der Waals surface area contributed by atoms with E-state index < -0.39 is 8.41 Å². The van der Waals surface area contributed by atoms with Gasteiger partial charge < -0.3 is 4.11 Å². The molecule has 0 aromatic heterocycles. The van der Waals surface area contributed by atoms with Crippen molar-refractivity contribution in [2.45, 2.75) is 25.6 Å². The van der Waals surface area contributed by atoms with Crippen LogP contribution in [0.25, 0.3) is 0 Å². The van der Waals surface area contributed by atoms with Crippen molar-refractivity contribution in [1.82, 2.24) is 0 Å². The first-order chi connectivity index (χ1) is 5.58. The van der Waals surface area contributed by atoms with E-state index in [2.05, 4.69) is 12.1 Å². The van der Waals surface area contributed by atoms with Crippen LogP contribution in [0.2, 0.25) is 19.1 Å². The largest absolute Gasteiger partial charge is 0.314 e. The Balaban J connectivity index is 2.44. The standard InChI is InChI=1S/C10H15FSi/c1-12(2,11)9-8-10-6-4-3-5-7-10/h3-7H,8-9H2,1-2H3. The Morgan fingerprint density at radius 2 is 1.75 bits per heavy atom. The Bertz CT molecular complexity index is 225. The van der Waals surface area contributed by atoms with E-state index in [4.69, 9.17) is 0 Å². The van der Waals surface area contributed by atoms with Gasteiger partial charge in [0.05, 0.1) is 0 Å². The molecule has 2 heteroatoms. The summed E-state index contributed by atoms with van der Waals surface area (Å²) in [6.45, 7) is 3.52. The van der Waals surface area contributed by atoms with Crippen LogP contribution in [-0.2, 0) is 6.42 Å². The third-order valence-electron chi connectivity index (χ3n) is 1.85. The zero-order valence-electron chi connectivity index (χ0n) is 7.68. The Hall–Kier alpha value is -0.633. The van der Waals surface area contributed by atoms with E-state index in [1.807, 2.05) is 18.2 Å². The third kappa shape index (κ3) is 3.67. The Kier molecular flexibility index (Phi) is 3.03. The minimum atomic E-state index is -2.34. The molecule has 0 spiro atoms. The summed E-state index contributed by atoms with van der Waals surface area (Å²) in [5.74, 6) is 0. The molecule has 0 saturated heterocycles. The maximum Gasteiger partial charge on any atom is 0.241 e. The van der Waals surface area contributed by atoms with E-state index >= 15 is 0 Å². The molecule has 0 atom stereocenters. The summed E-state index contributed by atoms with van der Waals surface area (Å²) in [5, 5.41) is 0. The van der Waals surface area contributed by atoms with Gasteiger partial charge in [-0.05, 0) is 31.1 Å². The minimum absolute atomic E-state index is 0.733. The summed E-state index contributed by atoms with van der Waals surface area (Å²) in [4.78, 5) is 0. The molecule has 0 bridgehead atoms. The van der Waals surface area contributed by atoms with E-state index in [9.17, 15) is 4.11 Å². The van der Waals surface area contributed by atoms with Crippen LogP contribution in [0.4, 0.5) is 4.11 Å². The summed E-state index contributed by atoms with van der Waals surface area (Å²) in [6, 6.07) is 10.8. The molecule has 1 aromatic rings. The fourth-order valence-electron chi connectivity index (χ4n) is 1.09. The van der Waals surface area contributed by atoms with Crippen LogP contribution in [-0.4, -0.2) is 8.41 Å². The van der Waals surface area contributed by atoms with Crippen LogP contribution in [0, 0.1) is 0 Å². The highest BCUT2D eigenvalue weighted by atomic mass is 28.4. The SMILES string of the molecule is C[Si](C)(F)CCc1ccccc1. The van der Waals surface area contributed by atoms with Gasteiger partial charge >= 0.3 is 0 Å². The summed E-state index contributed by atoms with van der Waals surface area (Å²) in [6.07, 6.45) is 0.885. The second kappa shape index (κ2) is 3.85. The summed E-state index contributed by atoms with van der Waals surface area (Å²) in [5.41, 5.74) is 1.25. The van der Waals surface area contributed by atoms with Crippen LogP contribution < -0.4 is 0 Å². The molecule has 0 heterocycles. The lowest BCUT2D eigenvalue weighted by molar-refractivity contribution is 0.779. The van der Waals surface area contributed by atoms with Gasteiger partial charge in [0.25, 0.3) is 0 Å². The lowest BCUT2D eigenvalue weighted by atomic mass is 10.2. The Morgan fingerprint density at radius 1 is 1.17 bits per heavy atom. The molecule has 0 saturated carbocycles. The molecule has 1 aromatic carbocycles. The number of aryl methyl sites for hydroxylation is 1. The number of hydrogen-bond donors (Lipinski definition) is 0. The molecule has 66 valence electrons. The first-order valence-corrected chi connectivity index (χ1v) is 7.39. The van der Waals surface area contributed by atoms with E-state index in [0.717, 1.165) is 12.5 Å². The van der Waals surface area contributed by atoms with Crippen molar-refractivity contribution in [2.24, 2.45) is 0 Å². The lowest BCUT2D eigenvalue weighted by Crippen LogP contribution is -2.18. The smallest absolute Gasteiger partial charge is 0.241 e. The van der Waals surface area contributed by atoms with Gasteiger partial charge in [-0.1, -0.05) is 30.3 Å². The van der Waals surface area contributed by atoms with Gasteiger partial charge in [0.15, 0.2) is 0 Å². The van der Waals surface area contributed by atoms with Gasteiger partial charge in [0.1, 0.15) is 0 Å². The Labute approximate surface area is 74.6 Å². The van der Waals surface area contributed by atoms with Gasteiger partial charge in [-0.3, -0.25) is 0 Å². The fraction of sp³-hybridized carbons (Fsp3) is 0.400. The molecule has 0 aliphatic carbocycles. The second-order valence-corrected chi connectivity index (χ2v) is 7.64. The predicted octanol–water partition coefficient (Wildman–Crippen LogP) is 3.40. The van der Waals surface area contributed by atoms with Crippen LogP contribution in [0.15, 0.2) is 30.3 Å². The van der Waals surface area contributed by atoms with Gasteiger partial charge in [0, 0.05) is 0 Å². The van der Waals surface area contributed by atoms with E-state index in [1.54, 1.807) is 13.1 Å². The minimum Gasteiger partial charge on any atom is -0.314 e. The van der Waals surface area contributed by atoms with E-state index in [1.165, 1.54) is 5.56 Å². The average molecular weight is 182 g/mol. The van der Waals surface area contributed by atoms with Crippen LogP contribution in [0.5, 0.6) is 0 Å². The van der Waals surface area contributed by atoms with Gasteiger partial charge in [-0.25, -0.2) is 0 Å². The van der Waals surface area contributed by atoms with Crippen molar-refractivity contribution in [2.75, 3.05) is 0 Å².